The summed E-state index contributed by atoms with van der Waals surface area (Å²) in [4.78, 5) is 23.2. The van der Waals surface area contributed by atoms with Crippen LogP contribution in [0.2, 0.25) is 0 Å². The maximum atomic E-state index is 12.0. The van der Waals surface area contributed by atoms with Crippen molar-refractivity contribution in [3.63, 3.8) is 0 Å². The van der Waals surface area contributed by atoms with E-state index in [1.54, 1.807) is 45.0 Å². The average Bonchev–Trinajstić information content (AvgIpc) is 2.34. The monoisotopic (exact) mass is 264 g/mol. The molecule has 1 rings (SSSR count). The molecule has 0 aliphatic rings. The summed E-state index contributed by atoms with van der Waals surface area (Å²) >= 11 is 0. The van der Waals surface area contributed by atoms with E-state index in [4.69, 9.17) is 10.8 Å². The number of benzene rings is 1. The molecule has 1 aromatic rings. The van der Waals surface area contributed by atoms with Gasteiger partial charge >= 0.3 is 5.97 Å². The van der Waals surface area contributed by atoms with Gasteiger partial charge in [-0.2, -0.15) is 0 Å². The minimum atomic E-state index is -1.04. The van der Waals surface area contributed by atoms with Crippen LogP contribution in [-0.4, -0.2) is 23.0 Å². The van der Waals surface area contributed by atoms with Crippen molar-refractivity contribution in [2.45, 2.75) is 33.4 Å². The Labute approximate surface area is 112 Å². The highest BCUT2D eigenvalue weighted by molar-refractivity contribution is 5.96. The van der Waals surface area contributed by atoms with Gasteiger partial charge in [-0.15, -0.1) is 0 Å². The van der Waals surface area contributed by atoms with E-state index in [2.05, 4.69) is 5.32 Å². The van der Waals surface area contributed by atoms with E-state index in [1.807, 2.05) is 0 Å². The Morgan fingerprint density at radius 2 is 1.79 bits per heavy atom. The first kappa shape index (κ1) is 15.2. The van der Waals surface area contributed by atoms with E-state index in [0.717, 1.165) is 5.56 Å². The third kappa shape index (κ3) is 4.06. The summed E-state index contributed by atoms with van der Waals surface area (Å²) in [5, 5.41) is 11.7. The number of carboxylic acid groups (broad SMARTS) is 1. The molecule has 1 aromatic carbocycles. The first-order chi connectivity index (χ1) is 8.75. The van der Waals surface area contributed by atoms with E-state index in [9.17, 15) is 9.59 Å². The van der Waals surface area contributed by atoms with Gasteiger partial charge in [-0.05, 0) is 23.1 Å². The molecule has 0 unspecified atom stereocenters. The van der Waals surface area contributed by atoms with Crippen molar-refractivity contribution >= 4 is 11.9 Å². The third-order valence-electron chi connectivity index (χ3n) is 2.84. The zero-order chi connectivity index (χ0) is 14.6. The topological polar surface area (TPSA) is 92.4 Å². The molecule has 0 bridgehead atoms. The summed E-state index contributed by atoms with van der Waals surface area (Å²) in [5.41, 5.74) is 6.26. The summed E-state index contributed by atoms with van der Waals surface area (Å²) in [5.74, 6) is -1.44. The van der Waals surface area contributed by atoms with Crippen LogP contribution in [0.4, 0.5) is 0 Å². The van der Waals surface area contributed by atoms with E-state index >= 15 is 0 Å². The van der Waals surface area contributed by atoms with Crippen LogP contribution in [0.3, 0.4) is 0 Å². The smallest absolute Gasteiger partial charge is 0.326 e. The van der Waals surface area contributed by atoms with Crippen molar-refractivity contribution in [3.05, 3.63) is 35.4 Å². The van der Waals surface area contributed by atoms with Gasteiger partial charge in [-0.25, -0.2) is 4.79 Å². The summed E-state index contributed by atoms with van der Waals surface area (Å²) in [6, 6.07) is 5.84. The van der Waals surface area contributed by atoms with Crippen LogP contribution >= 0.6 is 0 Å². The average molecular weight is 264 g/mol. The highest BCUT2D eigenvalue weighted by Gasteiger charge is 2.32. The lowest BCUT2D eigenvalue weighted by Gasteiger charge is -2.27. The molecule has 0 fully saturated rings. The summed E-state index contributed by atoms with van der Waals surface area (Å²) < 4.78 is 0. The normalized spacial score (nSPS) is 12.8. The molecule has 0 heterocycles. The van der Waals surface area contributed by atoms with Crippen LogP contribution in [0.5, 0.6) is 0 Å². The van der Waals surface area contributed by atoms with Gasteiger partial charge in [-0.1, -0.05) is 32.9 Å². The van der Waals surface area contributed by atoms with Crippen molar-refractivity contribution in [1.29, 1.82) is 0 Å². The minimum absolute atomic E-state index is 0.397. The largest absolute Gasteiger partial charge is 0.480 e. The molecule has 0 spiro atoms. The summed E-state index contributed by atoms with van der Waals surface area (Å²) in [6.45, 7) is 5.71. The summed E-state index contributed by atoms with van der Waals surface area (Å²) in [7, 11) is 0. The van der Waals surface area contributed by atoms with Crippen LogP contribution in [0.15, 0.2) is 24.3 Å². The number of carboxylic acids is 1. The molecular weight excluding hydrogens is 244 g/mol. The second-order valence-electron chi connectivity index (χ2n) is 5.51. The van der Waals surface area contributed by atoms with Crippen molar-refractivity contribution in [1.82, 2.24) is 5.32 Å². The molecule has 0 aliphatic heterocycles. The molecule has 4 N–H and O–H groups in total. The number of amides is 1. The quantitative estimate of drug-likeness (QED) is 0.766. The molecule has 0 saturated heterocycles. The fourth-order valence-electron chi connectivity index (χ4n) is 1.66. The van der Waals surface area contributed by atoms with Gasteiger partial charge in [0.15, 0.2) is 0 Å². The van der Waals surface area contributed by atoms with Gasteiger partial charge in [0.05, 0.1) is 0 Å². The fourth-order valence-corrected chi connectivity index (χ4v) is 1.66. The van der Waals surface area contributed by atoms with Gasteiger partial charge in [0.25, 0.3) is 5.91 Å². The first-order valence-electron chi connectivity index (χ1n) is 6.08. The van der Waals surface area contributed by atoms with Crippen LogP contribution in [0, 0.1) is 5.41 Å². The molecule has 0 aliphatic carbocycles. The molecule has 0 aromatic heterocycles. The number of aliphatic carboxylic acids is 1. The number of nitrogens with two attached hydrogens (primary N) is 1. The fraction of sp³-hybridized carbons (Fsp3) is 0.429. The number of carbonyl (C=O) groups excluding carboxylic acids is 1. The Morgan fingerprint density at radius 3 is 2.16 bits per heavy atom. The van der Waals surface area contributed by atoms with Gasteiger partial charge in [0, 0.05) is 12.1 Å². The van der Waals surface area contributed by atoms with Crippen molar-refractivity contribution in [3.8, 4) is 0 Å². The molecule has 19 heavy (non-hydrogen) atoms. The Bertz CT molecular complexity index is 461. The maximum absolute atomic E-state index is 12.0. The van der Waals surface area contributed by atoms with Crippen LogP contribution in [0.25, 0.3) is 0 Å². The Balaban J connectivity index is 2.85. The van der Waals surface area contributed by atoms with Crippen molar-refractivity contribution in [2.24, 2.45) is 11.1 Å². The van der Waals surface area contributed by atoms with Gasteiger partial charge in [0.1, 0.15) is 6.04 Å². The van der Waals surface area contributed by atoms with Crippen LogP contribution in [-0.2, 0) is 11.3 Å². The molecule has 104 valence electrons. The number of nitrogens with one attached hydrogen (secondary N) is 1. The van der Waals surface area contributed by atoms with Gasteiger partial charge < -0.3 is 16.2 Å². The highest BCUT2D eigenvalue weighted by Crippen LogP contribution is 2.20. The highest BCUT2D eigenvalue weighted by atomic mass is 16.4. The van der Waals surface area contributed by atoms with E-state index in [0.29, 0.717) is 12.1 Å². The zero-order valence-electron chi connectivity index (χ0n) is 11.4. The van der Waals surface area contributed by atoms with E-state index in [-0.39, 0.29) is 0 Å². The van der Waals surface area contributed by atoms with Gasteiger partial charge in [-0.3, -0.25) is 4.79 Å². The maximum Gasteiger partial charge on any atom is 0.326 e. The summed E-state index contributed by atoms with van der Waals surface area (Å²) in [6.07, 6.45) is 0. The molecular formula is C14H20N2O3. The lowest BCUT2D eigenvalue weighted by molar-refractivity contribution is -0.142. The first-order valence-corrected chi connectivity index (χ1v) is 6.08. The van der Waals surface area contributed by atoms with Crippen LogP contribution < -0.4 is 11.1 Å². The minimum Gasteiger partial charge on any atom is -0.480 e. The molecule has 0 radical (unpaired) electrons. The molecule has 5 heteroatoms. The van der Waals surface area contributed by atoms with Crippen molar-refractivity contribution < 1.29 is 14.7 Å². The van der Waals surface area contributed by atoms with E-state index < -0.39 is 23.3 Å². The number of hydrogen-bond donors (Lipinski definition) is 3. The predicted octanol–water partition coefficient (Wildman–Crippen LogP) is 1.37. The standard InChI is InChI=1S/C14H20N2O3/c1-14(2,3)11(13(18)19)16-12(17)10-6-4-9(8-15)5-7-10/h4-7,11H,8,15H2,1-3H3,(H,16,17)(H,18,19)/t11-/m1/s1. The number of rotatable bonds is 4. The Hall–Kier alpha value is -1.88. The molecule has 1 amide bonds. The van der Waals surface area contributed by atoms with Crippen LogP contribution in [0.1, 0.15) is 36.7 Å². The number of hydrogen-bond acceptors (Lipinski definition) is 3. The zero-order valence-corrected chi connectivity index (χ0v) is 11.4. The third-order valence-corrected chi connectivity index (χ3v) is 2.84. The SMILES string of the molecule is CC(C)(C)[C@H](NC(=O)c1ccc(CN)cc1)C(=O)O. The Kier molecular flexibility index (Phi) is 4.67. The van der Waals surface area contributed by atoms with Gasteiger partial charge in [0.2, 0.25) is 0 Å². The molecule has 1 atom stereocenters. The predicted molar refractivity (Wildman–Crippen MR) is 72.7 cm³/mol. The molecule has 5 nitrogen and oxygen atoms in total. The lowest BCUT2D eigenvalue weighted by atomic mass is 9.86. The second kappa shape index (κ2) is 5.84. The Morgan fingerprint density at radius 1 is 1.26 bits per heavy atom. The number of carbonyl (C=O) groups is 2. The van der Waals surface area contributed by atoms with Crippen molar-refractivity contribution in [2.75, 3.05) is 0 Å². The second-order valence-corrected chi connectivity index (χ2v) is 5.51. The van der Waals surface area contributed by atoms with E-state index in [1.165, 1.54) is 0 Å². The lowest BCUT2D eigenvalue weighted by Crippen LogP contribution is -2.49. The molecule has 0 saturated carbocycles.